The molecule has 2 rings (SSSR count). The molecule has 0 amide bonds. The second kappa shape index (κ2) is 5.00. The average Bonchev–Trinajstić information content (AvgIpc) is 2.74. The quantitative estimate of drug-likeness (QED) is 0.929. The summed E-state index contributed by atoms with van der Waals surface area (Å²) in [5, 5.41) is 4.00. The zero-order chi connectivity index (χ0) is 14.0. The van der Waals surface area contributed by atoms with E-state index in [-0.39, 0.29) is 0 Å². The van der Waals surface area contributed by atoms with Crippen molar-refractivity contribution in [2.45, 2.75) is 18.6 Å². The number of rotatable bonds is 3. The Labute approximate surface area is 108 Å². The first-order chi connectivity index (χ1) is 8.86. The number of nitrogens with two attached hydrogens (primary N) is 1. The third-order valence-corrected chi connectivity index (χ3v) is 2.71. The second-order valence-corrected chi connectivity index (χ2v) is 4.30. The Kier molecular flexibility index (Phi) is 3.57. The van der Waals surface area contributed by atoms with Gasteiger partial charge in [0.2, 0.25) is 0 Å². The monoisotopic (exact) mass is 270 g/mol. The molecule has 4 nitrogen and oxygen atoms in total. The van der Waals surface area contributed by atoms with E-state index in [9.17, 15) is 13.2 Å². The van der Waals surface area contributed by atoms with Crippen LogP contribution >= 0.6 is 0 Å². The minimum absolute atomic E-state index is 0.428. The molecule has 0 aliphatic heterocycles. The molecule has 0 saturated heterocycles. The van der Waals surface area contributed by atoms with Crippen LogP contribution in [0.1, 0.15) is 22.9 Å². The largest absolute Gasteiger partial charge is 0.417 e. The molecule has 1 atom stereocenters. The van der Waals surface area contributed by atoms with Crippen molar-refractivity contribution in [2.24, 2.45) is 12.8 Å². The molecule has 1 unspecified atom stereocenters. The fourth-order valence-electron chi connectivity index (χ4n) is 1.73. The Bertz CT molecular complexity index is 545. The highest BCUT2D eigenvalue weighted by molar-refractivity contribution is 5.20. The third kappa shape index (κ3) is 3.31. The Morgan fingerprint density at radius 2 is 2.05 bits per heavy atom. The molecule has 7 heteroatoms. The van der Waals surface area contributed by atoms with Gasteiger partial charge in [0.05, 0.1) is 23.5 Å². The van der Waals surface area contributed by atoms with E-state index < -0.39 is 17.8 Å². The lowest BCUT2D eigenvalue weighted by molar-refractivity contribution is -0.137. The molecule has 0 radical (unpaired) electrons. The predicted molar refractivity (Wildman–Crippen MR) is 63.1 cm³/mol. The number of aryl methyl sites for hydroxylation is 1. The van der Waals surface area contributed by atoms with E-state index in [1.54, 1.807) is 17.9 Å². The highest BCUT2D eigenvalue weighted by Gasteiger charge is 2.30. The SMILES string of the molecule is Cn1cc(CC(N)c2ccc(C(F)(F)F)cn2)cn1. The van der Waals surface area contributed by atoms with Gasteiger partial charge >= 0.3 is 6.18 Å². The summed E-state index contributed by atoms with van der Waals surface area (Å²) in [7, 11) is 1.78. The maximum Gasteiger partial charge on any atom is 0.417 e. The standard InChI is InChI=1S/C12H13F3N4/c1-19-7-8(5-18-19)4-10(16)11-3-2-9(6-17-11)12(13,14)15/h2-3,5-7,10H,4,16H2,1H3. The summed E-state index contributed by atoms with van der Waals surface area (Å²) >= 11 is 0. The topological polar surface area (TPSA) is 56.7 Å². The van der Waals surface area contributed by atoms with Crippen molar-refractivity contribution in [3.8, 4) is 0 Å². The molecular formula is C12H13F3N4. The van der Waals surface area contributed by atoms with Crippen LogP contribution in [0.2, 0.25) is 0 Å². The number of alkyl halides is 3. The smallest absolute Gasteiger partial charge is 0.322 e. The van der Waals surface area contributed by atoms with E-state index in [2.05, 4.69) is 10.1 Å². The first-order valence-corrected chi connectivity index (χ1v) is 5.62. The summed E-state index contributed by atoms with van der Waals surface area (Å²) in [5.74, 6) is 0. The van der Waals surface area contributed by atoms with Crippen LogP contribution in [0.4, 0.5) is 13.2 Å². The number of hydrogen-bond acceptors (Lipinski definition) is 3. The van der Waals surface area contributed by atoms with Crippen molar-refractivity contribution in [3.05, 3.63) is 47.5 Å². The van der Waals surface area contributed by atoms with Gasteiger partial charge in [0, 0.05) is 19.4 Å². The first kappa shape index (κ1) is 13.5. The van der Waals surface area contributed by atoms with Crippen LogP contribution in [0.3, 0.4) is 0 Å². The molecule has 0 fully saturated rings. The summed E-state index contributed by atoms with van der Waals surface area (Å²) in [6.45, 7) is 0. The van der Waals surface area contributed by atoms with Gasteiger partial charge in [-0.3, -0.25) is 9.67 Å². The van der Waals surface area contributed by atoms with E-state index in [1.165, 1.54) is 6.07 Å². The van der Waals surface area contributed by atoms with Gasteiger partial charge in [-0.1, -0.05) is 0 Å². The summed E-state index contributed by atoms with van der Waals surface area (Å²) < 4.78 is 38.8. The van der Waals surface area contributed by atoms with Gasteiger partial charge in [-0.25, -0.2) is 0 Å². The molecule has 0 aliphatic rings. The van der Waals surface area contributed by atoms with Crippen LogP contribution in [-0.4, -0.2) is 14.8 Å². The molecule has 2 N–H and O–H groups in total. The van der Waals surface area contributed by atoms with Crippen molar-refractivity contribution in [2.75, 3.05) is 0 Å². The fourth-order valence-corrected chi connectivity index (χ4v) is 1.73. The zero-order valence-corrected chi connectivity index (χ0v) is 10.2. The molecule has 2 aromatic heterocycles. The minimum Gasteiger partial charge on any atom is -0.322 e. The van der Waals surface area contributed by atoms with Gasteiger partial charge in [0.1, 0.15) is 0 Å². The van der Waals surface area contributed by atoms with Crippen molar-refractivity contribution >= 4 is 0 Å². The van der Waals surface area contributed by atoms with Crippen molar-refractivity contribution in [1.82, 2.24) is 14.8 Å². The van der Waals surface area contributed by atoms with Crippen LogP contribution in [-0.2, 0) is 19.6 Å². The van der Waals surface area contributed by atoms with Crippen LogP contribution in [0.5, 0.6) is 0 Å². The van der Waals surface area contributed by atoms with Crippen LogP contribution in [0, 0.1) is 0 Å². The summed E-state index contributed by atoms with van der Waals surface area (Å²) in [6.07, 6.45) is 0.386. The molecule has 0 saturated carbocycles. The molecule has 102 valence electrons. The maximum atomic E-state index is 12.4. The van der Waals surface area contributed by atoms with Crippen molar-refractivity contribution in [1.29, 1.82) is 0 Å². The van der Waals surface area contributed by atoms with Crippen LogP contribution in [0.15, 0.2) is 30.7 Å². The Morgan fingerprint density at radius 1 is 1.32 bits per heavy atom. The molecular weight excluding hydrogens is 257 g/mol. The lowest BCUT2D eigenvalue weighted by Crippen LogP contribution is -2.15. The highest BCUT2D eigenvalue weighted by Crippen LogP contribution is 2.29. The second-order valence-electron chi connectivity index (χ2n) is 4.30. The van der Waals surface area contributed by atoms with Gasteiger partial charge in [0.15, 0.2) is 0 Å². The molecule has 0 aromatic carbocycles. The number of halogens is 3. The molecule has 19 heavy (non-hydrogen) atoms. The first-order valence-electron chi connectivity index (χ1n) is 5.62. The molecule has 2 aromatic rings. The maximum absolute atomic E-state index is 12.4. The number of pyridine rings is 1. The number of hydrogen-bond donors (Lipinski definition) is 1. The molecule has 0 bridgehead atoms. The van der Waals surface area contributed by atoms with Gasteiger partial charge < -0.3 is 5.73 Å². The van der Waals surface area contributed by atoms with E-state index in [0.717, 1.165) is 17.8 Å². The number of aromatic nitrogens is 3. The van der Waals surface area contributed by atoms with E-state index in [1.807, 2.05) is 6.20 Å². The van der Waals surface area contributed by atoms with E-state index in [0.29, 0.717) is 12.1 Å². The highest BCUT2D eigenvalue weighted by atomic mass is 19.4. The number of nitrogens with zero attached hydrogens (tertiary/aromatic N) is 3. The van der Waals surface area contributed by atoms with E-state index >= 15 is 0 Å². The Balaban J connectivity index is 2.09. The van der Waals surface area contributed by atoms with Gasteiger partial charge in [-0.2, -0.15) is 18.3 Å². The summed E-state index contributed by atoms with van der Waals surface area (Å²) in [6, 6.07) is 1.85. The zero-order valence-electron chi connectivity index (χ0n) is 10.2. The lowest BCUT2D eigenvalue weighted by Gasteiger charge is -2.11. The van der Waals surface area contributed by atoms with Gasteiger partial charge in [-0.15, -0.1) is 0 Å². The predicted octanol–water partition coefficient (Wildman–Crippen LogP) is 2.08. The van der Waals surface area contributed by atoms with Gasteiger partial charge in [-0.05, 0) is 24.1 Å². The average molecular weight is 270 g/mol. The van der Waals surface area contributed by atoms with Crippen molar-refractivity contribution < 1.29 is 13.2 Å². The fraction of sp³-hybridized carbons (Fsp3) is 0.333. The van der Waals surface area contributed by atoms with Crippen molar-refractivity contribution in [3.63, 3.8) is 0 Å². The molecule has 0 aliphatic carbocycles. The Morgan fingerprint density at radius 3 is 2.53 bits per heavy atom. The molecule has 0 spiro atoms. The Hall–Kier alpha value is -1.89. The van der Waals surface area contributed by atoms with E-state index in [4.69, 9.17) is 5.73 Å². The summed E-state index contributed by atoms with van der Waals surface area (Å²) in [5.41, 5.74) is 6.48. The molecule has 2 heterocycles. The third-order valence-electron chi connectivity index (χ3n) is 2.71. The van der Waals surface area contributed by atoms with Crippen LogP contribution in [0.25, 0.3) is 0 Å². The van der Waals surface area contributed by atoms with Gasteiger partial charge in [0.25, 0.3) is 0 Å². The normalized spacial score (nSPS) is 13.5. The van der Waals surface area contributed by atoms with Crippen LogP contribution < -0.4 is 5.73 Å². The summed E-state index contributed by atoms with van der Waals surface area (Å²) in [4.78, 5) is 3.78. The minimum atomic E-state index is -4.38. The lowest BCUT2D eigenvalue weighted by atomic mass is 10.1.